The van der Waals surface area contributed by atoms with Gasteiger partial charge in [-0.3, -0.25) is 9.59 Å². The van der Waals surface area contributed by atoms with Crippen molar-refractivity contribution in [2.24, 2.45) is 5.92 Å². The number of carboxylic acids is 1. The molecule has 3 unspecified atom stereocenters. The summed E-state index contributed by atoms with van der Waals surface area (Å²) in [6, 6.07) is 8.52. The largest absolute Gasteiger partial charge is 0.481 e. The maximum atomic E-state index is 12.1. The van der Waals surface area contributed by atoms with E-state index >= 15 is 0 Å². The highest BCUT2D eigenvalue weighted by atomic mass is 16.4. The van der Waals surface area contributed by atoms with Crippen LogP contribution in [0.2, 0.25) is 0 Å². The Morgan fingerprint density at radius 1 is 1.24 bits per heavy atom. The average molecular weight is 293 g/mol. The quantitative estimate of drug-likeness (QED) is 0.712. The lowest BCUT2D eigenvalue weighted by Crippen LogP contribution is -2.43. The predicted octanol–water partition coefficient (Wildman–Crippen LogP) is 1.55. The van der Waals surface area contributed by atoms with Crippen LogP contribution < -0.4 is 5.32 Å². The number of carboxylic acid groups (broad SMARTS) is 1. The van der Waals surface area contributed by atoms with E-state index in [0.717, 1.165) is 0 Å². The first-order chi connectivity index (χ1) is 9.81. The highest BCUT2D eigenvalue weighted by molar-refractivity contribution is 5.89. The van der Waals surface area contributed by atoms with E-state index in [1.165, 1.54) is 0 Å². The fraction of sp³-hybridized carbons (Fsp3) is 0.500. The van der Waals surface area contributed by atoms with Crippen LogP contribution in [-0.2, 0) is 15.0 Å². The SMILES string of the molecule is CC(CO)C(C)NC(=O)CC(C)(C(=O)O)c1ccccc1. The van der Waals surface area contributed by atoms with Crippen LogP contribution in [0.4, 0.5) is 0 Å². The number of carbonyl (C=O) groups excluding carboxylic acids is 1. The molecule has 1 aromatic carbocycles. The van der Waals surface area contributed by atoms with Crippen LogP contribution >= 0.6 is 0 Å². The van der Waals surface area contributed by atoms with Gasteiger partial charge in [-0.25, -0.2) is 0 Å². The highest BCUT2D eigenvalue weighted by Gasteiger charge is 2.37. The van der Waals surface area contributed by atoms with Crippen LogP contribution in [0.3, 0.4) is 0 Å². The summed E-state index contributed by atoms with van der Waals surface area (Å²) in [5.41, 5.74) is -0.677. The van der Waals surface area contributed by atoms with Crippen molar-refractivity contribution >= 4 is 11.9 Å². The fourth-order valence-corrected chi connectivity index (χ4v) is 2.03. The minimum absolute atomic E-state index is 0.0314. The molecule has 0 aromatic heterocycles. The van der Waals surface area contributed by atoms with Gasteiger partial charge in [0.25, 0.3) is 0 Å². The Morgan fingerprint density at radius 3 is 2.29 bits per heavy atom. The fourth-order valence-electron chi connectivity index (χ4n) is 2.03. The molecule has 0 spiro atoms. The standard InChI is InChI=1S/C16H23NO4/c1-11(10-18)12(2)17-14(19)9-16(3,15(20)21)13-7-5-4-6-8-13/h4-8,11-12,18H,9-10H2,1-3H3,(H,17,19)(H,20,21). The van der Waals surface area contributed by atoms with E-state index in [2.05, 4.69) is 5.32 Å². The number of nitrogens with one attached hydrogen (secondary N) is 1. The van der Waals surface area contributed by atoms with Crippen molar-refractivity contribution in [1.82, 2.24) is 5.32 Å². The molecule has 0 aliphatic carbocycles. The first-order valence-corrected chi connectivity index (χ1v) is 7.00. The molecule has 0 bridgehead atoms. The van der Waals surface area contributed by atoms with Crippen LogP contribution in [0, 0.1) is 5.92 Å². The molecule has 1 aromatic rings. The molecule has 0 aliphatic rings. The smallest absolute Gasteiger partial charge is 0.314 e. The molecule has 0 radical (unpaired) electrons. The van der Waals surface area contributed by atoms with Crippen molar-refractivity contribution in [2.45, 2.75) is 38.6 Å². The molecule has 3 atom stereocenters. The van der Waals surface area contributed by atoms with Gasteiger partial charge in [-0.2, -0.15) is 0 Å². The zero-order chi connectivity index (χ0) is 16.0. The van der Waals surface area contributed by atoms with Gasteiger partial charge >= 0.3 is 5.97 Å². The lowest BCUT2D eigenvalue weighted by atomic mass is 9.79. The summed E-state index contributed by atoms with van der Waals surface area (Å²) in [4.78, 5) is 23.7. The molecule has 0 heterocycles. The highest BCUT2D eigenvalue weighted by Crippen LogP contribution is 2.28. The second-order valence-electron chi connectivity index (χ2n) is 5.70. The van der Waals surface area contributed by atoms with E-state index in [0.29, 0.717) is 5.56 Å². The van der Waals surface area contributed by atoms with Crippen molar-refractivity contribution in [3.8, 4) is 0 Å². The van der Waals surface area contributed by atoms with E-state index in [-0.39, 0.29) is 30.9 Å². The van der Waals surface area contributed by atoms with Crippen molar-refractivity contribution in [1.29, 1.82) is 0 Å². The first-order valence-electron chi connectivity index (χ1n) is 7.00. The van der Waals surface area contributed by atoms with Gasteiger partial charge in [0.2, 0.25) is 5.91 Å². The lowest BCUT2D eigenvalue weighted by molar-refractivity contribution is -0.145. The number of hydrogen-bond donors (Lipinski definition) is 3. The number of benzene rings is 1. The number of rotatable bonds is 7. The normalized spacial score (nSPS) is 16.6. The van der Waals surface area contributed by atoms with E-state index < -0.39 is 11.4 Å². The minimum atomic E-state index is -1.27. The number of amides is 1. The zero-order valence-electron chi connectivity index (χ0n) is 12.7. The number of hydrogen-bond acceptors (Lipinski definition) is 3. The summed E-state index contributed by atoms with van der Waals surface area (Å²) in [6.07, 6.45) is -0.144. The summed E-state index contributed by atoms with van der Waals surface area (Å²) in [7, 11) is 0. The summed E-state index contributed by atoms with van der Waals surface area (Å²) < 4.78 is 0. The first kappa shape index (κ1) is 17.2. The number of aliphatic carboxylic acids is 1. The van der Waals surface area contributed by atoms with Crippen LogP contribution in [-0.4, -0.2) is 34.7 Å². The van der Waals surface area contributed by atoms with Gasteiger partial charge in [0.15, 0.2) is 0 Å². The Labute approximate surface area is 125 Å². The molecular formula is C16H23NO4. The summed E-state index contributed by atoms with van der Waals surface area (Å²) in [5.74, 6) is -1.45. The van der Waals surface area contributed by atoms with Gasteiger partial charge in [-0.05, 0) is 25.3 Å². The topological polar surface area (TPSA) is 86.6 Å². The molecule has 0 fully saturated rings. The van der Waals surface area contributed by atoms with E-state index in [4.69, 9.17) is 5.11 Å². The summed E-state index contributed by atoms with van der Waals surface area (Å²) in [6.45, 7) is 5.12. The van der Waals surface area contributed by atoms with Crippen LogP contribution in [0.25, 0.3) is 0 Å². The Bertz CT molecular complexity index is 488. The summed E-state index contributed by atoms with van der Waals surface area (Å²) in [5, 5.41) is 21.3. The molecule has 116 valence electrons. The number of carbonyl (C=O) groups is 2. The number of aliphatic hydroxyl groups excluding tert-OH is 1. The van der Waals surface area contributed by atoms with E-state index in [1.54, 1.807) is 44.2 Å². The van der Waals surface area contributed by atoms with Gasteiger partial charge in [0, 0.05) is 19.1 Å². The Balaban J connectivity index is 2.85. The second kappa shape index (κ2) is 7.22. The second-order valence-corrected chi connectivity index (χ2v) is 5.70. The Hall–Kier alpha value is -1.88. The van der Waals surface area contributed by atoms with E-state index in [1.807, 2.05) is 6.92 Å². The van der Waals surface area contributed by atoms with Gasteiger partial charge in [-0.15, -0.1) is 0 Å². The zero-order valence-corrected chi connectivity index (χ0v) is 12.7. The molecule has 1 rings (SSSR count). The molecule has 3 N–H and O–H groups in total. The monoisotopic (exact) mass is 293 g/mol. The third-order valence-corrected chi connectivity index (χ3v) is 3.93. The molecular weight excluding hydrogens is 270 g/mol. The van der Waals surface area contributed by atoms with Crippen molar-refractivity contribution in [2.75, 3.05) is 6.61 Å². The Morgan fingerprint density at radius 2 is 1.81 bits per heavy atom. The van der Waals surface area contributed by atoms with E-state index in [9.17, 15) is 14.7 Å². The van der Waals surface area contributed by atoms with Crippen LogP contribution in [0.1, 0.15) is 32.8 Å². The molecule has 0 saturated heterocycles. The lowest BCUT2D eigenvalue weighted by Gasteiger charge is -2.26. The molecule has 5 heteroatoms. The van der Waals surface area contributed by atoms with Gasteiger partial charge in [-0.1, -0.05) is 37.3 Å². The van der Waals surface area contributed by atoms with Gasteiger partial charge < -0.3 is 15.5 Å². The molecule has 0 saturated carbocycles. The average Bonchev–Trinajstić information content (AvgIpc) is 2.46. The maximum absolute atomic E-state index is 12.1. The van der Waals surface area contributed by atoms with Gasteiger partial charge in [0.1, 0.15) is 0 Å². The van der Waals surface area contributed by atoms with Gasteiger partial charge in [0.05, 0.1) is 5.41 Å². The van der Waals surface area contributed by atoms with Crippen molar-refractivity contribution < 1.29 is 19.8 Å². The number of aliphatic hydroxyl groups is 1. The third-order valence-electron chi connectivity index (χ3n) is 3.93. The van der Waals surface area contributed by atoms with Crippen molar-refractivity contribution in [3.63, 3.8) is 0 Å². The van der Waals surface area contributed by atoms with Crippen LogP contribution in [0.5, 0.6) is 0 Å². The summed E-state index contributed by atoms with van der Waals surface area (Å²) >= 11 is 0. The Kier molecular flexibility index (Phi) is 5.90. The molecule has 1 amide bonds. The molecule has 5 nitrogen and oxygen atoms in total. The third kappa shape index (κ3) is 4.29. The van der Waals surface area contributed by atoms with Crippen LogP contribution in [0.15, 0.2) is 30.3 Å². The maximum Gasteiger partial charge on any atom is 0.314 e. The van der Waals surface area contributed by atoms with Crippen molar-refractivity contribution in [3.05, 3.63) is 35.9 Å². The molecule has 0 aliphatic heterocycles. The molecule has 21 heavy (non-hydrogen) atoms. The predicted molar refractivity (Wildman–Crippen MR) is 79.9 cm³/mol. The minimum Gasteiger partial charge on any atom is -0.481 e.